The topological polar surface area (TPSA) is 82.8 Å². The average molecular weight is 379 g/mol. The van der Waals surface area contributed by atoms with Crippen LogP contribution in [0.25, 0.3) is 11.0 Å². The second kappa shape index (κ2) is 8.67. The van der Waals surface area contributed by atoms with E-state index in [2.05, 4.69) is 27.0 Å². The molecule has 0 atom stereocenters. The molecule has 1 heterocycles. The molecular formula is C21H25N5O2. The Bertz CT molecular complexity index is 992. The van der Waals surface area contributed by atoms with E-state index in [-0.39, 0.29) is 12.5 Å². The van der Waals surface area contributed by atoms with Gasteiger partial charge in [0.1, 0.15) is 5.82 Å². The minimum Gasteiger partial charge on any atom is -0.395 e. The lowest BCUT2D eigenvalue weighted by atomic mass is 10.2. The van der Waals surface area contributed by atoms with Gasteiger partial charge in [-0.15, -0.1) is 0 Å². The Hall–Kier alpha value is -3.19. The molecule has 2 aromatic carbocycles. The maximum Gasteiger partial charge on any atom is 0.271 e. The number of hydrogen-bond donors (Lipinski definition) is 2. The van der Waals surface area contributed by atoms with Crippen LogP contribution in [-0.4, -0.2) is 47.0 Å². The van der Waals surface area contributed by atoms with E-state index in [1.807, 2.05) is 49.2 Å². The summed E-state index contributed by atoms with van der Waals surface area (Å²) in [5.41, 5.74) is 6.78. The molecule has 0 aliphatic heterocycles. The summed E-state index contributed by atoms with van der Waals surface area (Å²) in [4.78, 5) is 18.8. The highest BCUT2D eigenvalue weighted by Gasteiger charge is 2.10. The Balaban J connectivity index is 1.65. The van der Waals surface area contributed by atoms with E-state index in [4.69, 9.17) is 5.11 Å². The number of aliphatic hydroxyl groups is 1. The Labute approximate surface area is 164 Å². The summed E-state index contributed by atoms with van der Waals surface area (Å²) < 4.78 is 2.11. The van der Waals surface area contributed by atoms with Gasteiger partial charge in [0.05, 0.1) is 23.9 Å². The Kier molecular flexibility index (Phi) is 6.06. The molecule has 0 aliphatic carbocycles. The average Bonchev–Trinajstić information content (AvgIpc) is 3.02. The van der Waals surface area contributed by atoms with Crippen LogP contribution >= 0.6 is 0 Å². The first-order valence-corrected chi connectivity index (χ1v) is 9.26. The number of carbonyl (C=O) groups is 1. The molecule has 1 amide bonds. The molecule has 2 N–H and O–H groups in total. The Morgan fingerprint density at radius 1 is 1.29 bits per heavy atom. The van der Waals surface area contributed by atoms with Gasteiger partial charge in [0.2, 0.25) is 0 Å². The minimum absolute atomic E-state index is 0.107. The van der Waals surface area contributed by atoms with Crippen LogP contribution in [-0.2, 0) is 6.54 Å². The van der Waals surface area contributed by atoms with E-state index in [9.17, 15) is 4.79 Å². The molecule has 7 nitrogen and oxygen atoms in total. The summed E-state index contributed by atoms with van der Waals surface area (Å²) in [5.74, 6) is 0.655. The molecule has 0 radical (unpaired) electrons. The van der Waals surface area contributed by atoms with Crippen LogP contribution in [0, 0.1) is 6.92 Å². The summed E-state index contributed by atoms with van der Waals surface area (Å²) in [5, 5.41) is 13.0. The molecule has 7 heteroatoms. The number of fused-ring (bicyclic) bond motifs is 1. The number of aliphatic hydroxyl groups excluding tert-OH is 1. The first kappa shape index (κ1) is 19.6. The van der Waals surface area contributed by atoms with Gasteiger partial charge in [-0.1, -0.05) is 12.1 Å². The fraction of sp³-hybridized carbons (Fsp3) is 0.286. The predicted molar refractivity (Wildman–Crippen MR) is 112 cm³/mol. The quantitative estimate of drug-likeness (QED) is 0.488. The number of aromatic nitrogens is 2. The van der Waals surface area contributed by atoms with Gasteiger partial charge >= 0.3 is 0 Å². The molecule has 0 unspecified atom stereocenters. The standard InChI is InChI=1S/C21H25N5O2/c1-4-26-15(2)23-19-13-17(7-10-20(19)26)21(28)24-22-14-16-5-8-18(9-6-16)25(3)11-12-27/h5-10,13-14,27H,4,11-12H2,1-3H3,(H,24,28). The van der Waals surface area contributed by atoms with Crippen molar-refractivity contribution in [3.8, 4) is 0 Å². The van der Waals surface area contributed by atoms with E-state index in [1.54, 1.807) is 18.3 Å². The summed E-state index contributed by atoms with van der Waals surface area (Å²) in [6, 6.07) is 13.2. The van der Waals surface area contributed by atoms with Crippen LogP contribution in [0.4, 0.5) is 5.69 Å². The highest BCUT2D eigenvalue weighted by molar-refractivity contribution is 5.98. The summed E-state index contributed by atoms with van der Waals surface area (Å²) >= 11 is 0. The lowest BCUT2D eigenvalue weighted by Gasteiger charge is -2.17. The summed E-state index contributed by atoms with van der Waals surface area (Å²) in [6.45, 7) is 5.55. The van der Waals surface area contributed by atoms with Gasteiger partial charge in [-0.25, -0.2) is 10.4 Å². The number of aryl methyl sites for hydroxylation is 2. The van der Waals surface area contributed by atoms with Crippen molar-refractivity contribution in [1.82, 2.24) is 15.0 Å². The van der Waals surface area contributed by atoms with Crippen molar-refractivity contribution in [3.63, 3.8) is 0 Å². The number of nitrogens with one attached hydrogen (secondary N) is 1. The van der Waals surface area contributed by atoms with Crippen LogP contribution in [0.5, 0.6) is 0 Å². The van der Waals surface area contributed by atoms with Gasteiger partial charge in [-0.2, -0.15) is 5.10 Å². The van der Waals surface area contributed by atoms with E-state index in [0.29, 0.717) is 12.1 Å². The van der Waals surface area contributed by atoms with Gasteiger partial charge in [-0.3, -0.25) is 4.79 Å². The molecule has 28 heavy (non-hydrogen) atoms. The Morgan fingerprint density at radius 2 is 2.04 bits per heavy atom. The molecule has 1 aromatic heterocycles. The first-order chi connectivity index (χ1) is 13.5. The van der Waals surface area contributed by atoms with Crippen molar-refractivity contribution in [1.29, 1.82) is 0 Å². The maximum atomic E-state index is 12.4. The number of anilines is 1. The van der Waals surface area contributed by atoms with Crippen LogP contribution in [0.3, 0.4) is 0 Å². The number of rotatable bonds is 7. The van der Waals surface area contributed by atoms with Crippen molar-refractivity contribution in [3.05, 3.63) is 59.4 Å². The van der Waals surface area contributed by atoms with E-state index in [1.165, 1.54) is 0 Å². The molecule has 0 fully saturated rings. The van der Waals surface area contributed by atoms with Crippen molar-refractivity contribution >= 4 is 28.8 Å². The molecule has 146 valence electrons. The van der Waals surface area contributed by atoms with E-state index in [0.717, 1.165) is 34.7 Å². The summed E-state index contributed by atoms with van der Waals surface area (Å²) in [6.07, 6.45) is 1.60. The highest BCUT2D eigenvalue weighted by atomic mass is 16.3. The largest absolute Gasteiger partial charge is 0.395 e. The normalized spacial score (nSPS) is 11.3. The number of carbonyl (C=O) groups excluding carboxylic acids is 1. The highest BCUT2D eigenvalue weighted by Crippen LogP contribution is 2.18. The van der Waals surface area contributed by atoms with Gasteiger partial charge < -0.3 is 14.6 Å². The molecule has 0 aliphatic rings. The zero-order valence-electron chi connectivity index (χ0n) is 16.4. The first-order valence-electron chi connectivity index (χ1n) is 9.26. The SMILES string of the molecule is CCn1c(C)nc2cc(C(=O)NN=Cc3ccc(N(C)CCO)cc3)ccc21. The zero-order valence-corrected chi connectivity index (χ0v) is 16.4. The number of amides is 1. The van der Waals surface area contributed by atoms with Crippen molar-refractivity contribution < 1.29 is 9.90 Å². The third-order valence-corrected chi connectivity index (χ3v) is 4.67. The van der Waals surface area contributed by atoms with Crippen LogP contribution in [0.2, 0.25) is 0 Å². The van der Waals surface area contributed by atoms with Crippen molar-refractivity contribution in [2.24, 2.45) is 5.10 Å². The third-order valence-electron chi connectivity index (χ3n) is 4.67. The predicted octanol–water partition coefficient (Wildman–Crippen LogP) is 2.56. The third kappa shape index (κ3) is 4.20. The molecule has 0 bridgehead atoms. The van der Waals surface area contributed by atoms with Gasteiger partial charge in [-0.05, 0) is 49.7 Å². The van der Waals surface area contributed by atoms with Gasteiger partial charge in [0, 0.05) is 31.4 Å². The summed E-state index contributed by atoms with van der Waals surface area (Å²) in [7, 11) is 1.92. The van der Waals surface area contributed by atoms with Crippen LogP contribution < -0.4 is 10.3 Å². The number of benzene rings is 2. The number of hydrazone groups is 1. The van der Waals surface area contributed by atoms with Crippen molar-refractivity contribution in [2.75, 3.05) is 25.1 Å². The lowest BCUT2D eigenvalue weighted by molar-refractivity contribution is 0.0955. The Morgan fingerprint density at radius 3 is 2.71 bits per heavy atom. The molecule has 0 saturated heterocycles. The van der Waals surface area contributed by atoms with Crippen LogP contribution in [0.1, 0.15) is 28.7 Å². The smallest absolute Gasteiger partial charge is 0.271 e. The lowest BCUT2D eigenvalue weighted by Crippen LogP contribution is -2.20. The minimum atomic E-state index is -0.277. The molecule has 0 spiro atoms. The second-order valence-electron chi connectivity index (χ2n) is 6.54. The van der Waals surface area contributed by atoms with Crippen LogP contribution in [0.15, 0.2) is 47.6 Å². The number of nitrogens with zero attached hydrogens (tertiary/aromatic N) is 4. The number of likely N-dealkylation sites (N-methyl/N-ethyl adjacent to an activating group) is 1. The zero-order chi connectivity index (χ0) is 20.1. The monoisotopic (exact) mass is 379 g/mol. The fourth-order valence-corrected chi connectivity index (χ4v) is 3.11. The maximum absolute atomic E-state index is 12.4. The van der Waals surface area contributed by atoms with Crippen molar-refractivity contribution in [2.45, 2.75) is 20.4 Å². The second-order valence-corrected chi connectivity index (χ2v) is 6.54. The fourth-order valence-electron chi connectivity index (χ4n) is 3.11. The molecule has 3 aromatic rings. The number of hydrogen-bond acceptors (Lipinski definition) is 5. The van der Waals surface area contributed by atoms with E-state index >= 15 is 0 Å². The molecule has 3 rings (SSSR count). The molecular weight excluding hydrogens is 354 g/mol. The van der Waals surface area contributed by atoms with Gasteiger partial charge in [0.25, 0.3) is 5.91 Å². The number of imidazole rings is 1. The molecule has 0 saturated carbocycles. The van der Waals surface area contributed by atoms with Gasteiger partial charge in [0.15, 0.2) is 0 Å². The van der Waals surface area contributed by atoms with E-state index < -0.39 is 0 Å².